The minimum Gasteiger partial charge on any atom is -0.368 e. The van der Waals surface area contributed by atoms with Crippen molar-refractivity contribution in [3.8, 4) is 0 Å². The maximum absolute atomic E-state index is 6.19. The molecule has 2 saturated heterocycles. The van der Waals surface area contributed by atoms with Crippen LogP contribution in [0.15, 0.2) is 0 Å². The molecule has 17 heavy (non-hydrogen) atoms. The maximum atomic E-state index is 6.19. The van der Waals surface area contributed by atoms with Crippen LogP contribution in [0.5, 0.6) is 0 Å². The van der Waals surface area contributed by atoms with E-state index in [1.165, 1.54) is 0 Å². The molecule has 3 N–H and O–H groups in total. The van der Waals surface area contributed by atoms with Gasteiger partial charge in [-0.15, -0.1) is 0 Å². The molecule has 2 aliphatic heterocycles. The number of piperazine rings is 1. The molecule has 100 valence electrons. The van der Waals surface area contributed by atoms with Gasteiger partial charge >= 0.3 is 0 Å². The topological polar surface area (TPSA) is 50.5 Å². The van der Waals surface area contributed by atoms with Crippen LogP contribution in [0.1, 0.15) is 34.1 Å². The third-order valence-corrected chi connectivity index (χ3v) is 4.09. The van der Waals surface area contributed by atoms with Crippen molar-refractivity contribution in [3.63, 3.8) is 0 Å². The largest absolute Gasteiger partial charge is 0.368 e. The van der Waals surface area contributed by atoms with E-state index < -0.39 is 0 Å². The fraction of sp³-hybridized carbons (Fsp3) is 1.00. The Morgan fingerprint density at radius 1 is 1.35 bits per heavy atom. The van der Waals surface area contributed by atoms with Gasteiger partial charge in [0.25, 0.3) is 0 Å². The molecular formula is C13H27N3O. The van der Waals surface area contributed by atoms with Crippen molar-refractivity contribution in [2.75, 3.05) is 26.2 Å². The van der Waals surface area contributed by atoms with E-state index in [4.69, 9.17) is 10.5 Å². The van der Waals surface area contributed by atoms with Gasteiger partial charge in [0.2, 0.25) is 0 Å². The van der Waals surface area contributed by atoms with Gasteiger partial charge in [-0.25, -0.2) is 0 Å². The second-order valence-electron chi connectivity index (χ2n) is 6.52. The maximum Gasteiger partial charge on any atom is 0.0789 e. The zero-order valence-corrected chi connectivity index (χ0v) is 11.6. The number of nitrogens with zero attached hydrogens (tertiary/aromatic N) is 1. The first kappa shape index (κ1) is 13.3. The number of nitrogens with two attached hydrogens (primary N) is 1. The SMILES string of the molecule is CC1(C)CC(N2CCNCC2CN)C(C)(C)O1. The summed E-state index contributed by atoms with van der Waals surface area (Å²) in [5.74, 6) is 0. The fourth-order valence-corrected chi connectivity index (χ4v) is 3.46. The number of rotatable bonds is 2. The zero-order chi connectivity index (χ0) is 12.7. The lowest BCUT2D eigenvalue weighted by Gasteiger charge is -2.43. The number of hydrogen-bond acceptors (Lipinski definition) is 4. The summed E-state index contributed by atoms with van der Waals surface area (Å²) in [6.45, 7) is 12.7. The Bertz CT molecular complexity index is 278. The Morgan fingerprint density at radius 2 is 2.06 bits per heavy atom. The summed E-state index contributed by atoms with van der Waals surface area (Å²) >= 11 is 0. The van der Waals surface area contributed by atoms with Crippen molar-refractivity contribution in [1.82, 2.24) is 10.2 Å². The fourth-order valence-electron chi connectivity index (χ4n) is 3.46. The number of hydrogen-bond donors (Lipinski definition) is 2. The second-order valence-corrected chi connectivity index (χ2v) is 6.52. The zero-order valence-electron chi connectivity index (χ0n) is 11.6. The van der Waals surface area contributed by atoms with Gasteiger partial charge in [0.1, 0.15) is 0 Å². The van der Waals surface area contributed by atoms with E-state index in [2.05, 4.69) is 37.9 Å². The lowest BCUT2D eigenvalue weighted by atomic mass is 9.91. The standard InChI is InChI=1S/C13H27N3O/c1-12(2)7-11(13(3,4)17-12)16-6-5-15-9-10(16)8-14/h10-11,15H,5-9,14H2,1-4H3. The smallest absolute Gasteiger partial charge is 0.0789 e. The van der Waals surface area contributed by atoms with Gasteiger partial charge in [-0.3, -0.25) is 4.90 Å². The predicted molar refractivity (Wildman–Crippen MR) is 70.1 cm³/mol. The van der Waals surface area contributed by atoms with E-state index in [1.54, 1.807) is 0 Å². The number of nitrogens with one attached hydrogen (secondary N) is 1. The molecule has 4 heteroatoms. The second kappa shape index (κ2) is 4.50. The highest BCUT2D eigenvalue weighted by molar-refractivity contribution is 5.02. The molecule has 0 amide bonds. The lowest BCUT2D eigenvalue weighted by molar-refractivity contribution is -0.0852. The van der Waals surface area contributed by atoms with Crippen LogP contribution in [-0.2, 0) is 4.74 Å². The van der Waals surface area contributed by atoms with Crippen molar-refractivity contribution in [1.29, 1.82) is 0 Å². The van der Waals surface area contributed by atoms with Crippen molar-refractivity contribution < 1.29 is 4.74 Å². The molecule has 2 rings (SSSR count). The van der Waals surface area contributed by atoms with Crippen molar-refractivity contribution in [2.24, 2.45) is 5.73 Å². The third kappa shape index (κ3) is 2.65. The summed E-state index contributed by atoms with van der Waals surface area (Å²) in [6, 6.07) is 0.929. The van der Waals surface area contributed by atoms with Gasteiger partial charge < -0.3 is 15.8 Å². The molecule has 4 nitrogen and oxygen atoms in total. The molecular weight excluding hydrogens is 214 g/mol. The highest BCUT2D eigenvalue weighted by atomic mass is 16.5. The van der Waals surface area contributed by atoms with Gasteiger partial charge in [-0.1, -0.05) is 0 Å². The van der Waals surface area contributed by atoms with Gasteiger partial charge in [0.15, 0.2) is 0 Å². The van der Waals surface area contributed by atoms with Crippen LogP contribution in [0.25, 0.3) is 0 Å². The van der Waals surface area contributed by atoms with Crippen LogP contribution in [0.3, 0.4) is 0 Å². The minimum atomic E-state index is -0.0751. The van der Waals surface area contributed by atoms with Crippen LogP contribution in [0.4, 0.5) is 0 Å². The molecule has 0 aromatic carbocycles. The average molecular weight is 241 g/mol. The van der Waals surface area contributed by atoms with Crippen LogP contribution in [-0.4, -0.2) is 54.4 Å². The van der Waals surface area contributed by atoms with Gasteiger partial charge in [-0.05, 0) is 34.1 Å². The lowest BCUT2D eigenvalue weighted by Crippen LogP contribution is -2.61. The quantitative estimate of drug-likeness (QED) is 0.742. The Morgan fingerprint density at radius 3 is 2.59 bits per heavy atom. The first-order valence-corrected chi connectivity index (χ1v) is 6.72. The summed E-state index contributed by atoms with van der Waals surface area (Å²) < 4.78 is 6.19. The van der Waals surface area contributed by atoms with E-state index in [-0.39, 0.29) is 11.2 Å². The highest BCUT2D eigenvalue weighted by Crippen LogP contribution is 2.40. The Hall–Kier alpha value is -0.160. The predicted octanol–water partition coefficient (Wildman–Crippen LogP) is 0.565. The molecule has 0 aromatic heterocycles. The van der Waals surface area contributed by atoms with Gasteiger partial charge in [-0.2, -0.15) is 0 Å². The molecule has 0 radical (unpaired) electrons. The van der Waals surface area contributed by atoms with Crippen LogP contribution >= 0.6 is 0 Å². The van der Waals surface area contributed by atoms with E-state index in [1.807, 2.05) is 0 Å². The molecule has 0 bridgehead atoms. The van der Waals surface area contributed by atoms with E-state index >= 15 is 0 Å². The monoisotopic (exact) mass is 241 g/mol. The van der Waals surface area contributed by atoms with Crippen LogP contribution in [0.2, 0.25) is 0 Å². The summed E-state index contributed by atoms with van der Waals surface area (Å²) in [5, 5.41) is 3.42. The van der Waals surface area contributed by atoms with Crippen molar-refractivity contribution >= 4 is 0 Å². The summed E-state index contributed by atoms with van der Waals surface area (Å²) in [4.78, 5) is 2.56. The Kier molecular flexibility index (Phi) is 3.51. The van der Waals surface area contributed by atoms with Crippen LogP contribution < -0.4 is 11.1 Å². The van der Waals surface area contributed by atoms with Gasteiger partial charge in [0, 0.05) is 38.3 Å². The summed E-state index contributed by atoms with van der Waals surface area (Å²) in [7, 11) is 0. The molecule has 2 heterocycles. The molecule has 2 fully saturated rings. The highest BCUT2D eigenvalue weighted by Gasteiger charge is 2.49. The molecule has 0 saturated carbocycles. The molecule has 2 atom stereocenters. The molecule has 2 aliphatic rings. The van der Waals surface area contributed by atoms with Gasteiger partial charge in [0.05, 0.1) is 11.2 Å². The number of ether oxygens (including phenoxy) is 1. The first-order valence-electron chi connectivity index (χ1n) is 6.72. The summed E-state index contributed by atoms with van der Waals surface area (Å²) in [6.07, 6.45) is 1.09. The van der Waals surface area contributed by atoms with E-state index in [0.717, 1.165) is 32.6 Å². The third-order valence-electron chi connectivity index (χ3n) is 4.09. The van der Waals surface area contributed by atoms with Crippen molar-refractivity contribution in [3.05, 3.63) is 0 Å². The van der Waals surface area contributed by atoms with E-state index in [0.29, 0.717) is 12.1 Å². The van der Waals surface area contributed by atoms with Crippen LogP contribution in [0, 0.1) is 0 Å². The molecule has 0 aromatic rings. The molecule has 0 spiro atoms. The van der Waals surface area contributed by atoms with Crippen molar-refractivity contribution in [2.45, 2.75) is 57.4 Å². The Balaban J connectivity index is 2.15. The normalized spacial score (nSPS) is 37.2. The van der Waals surface area contributed by atoms with E-state index in [9.17, 15) is 0 Å². The molecule has 2 unspecified atom stereocenters. The Labute approximate surface area is 105 Å². The molecule has 0 aliphatic carbocycles. The minimum absolute atomic E-state index is 0.0157. The summed E-state index contributed by atoms with van der Waals surface area (Å²) in [5.41, 5.74) is 5.80. The average Bonchev–Trinajstić information content (AvgIpc) is 2.46. The first-order chi connectivity index (χ1) is 7.86.